The minimum absolute atomic E-state index is 0.0922. The van der Waals surface area contributed by atoms with Crippen LogP contribution in [0.4, 0.5) is 5.82 Å². The molecule has 0 amide bonds. The smallest absolute Gasteiger partial charge is 0.268 e. The van der Waals surface area contributed by atoms with Gasteiger partial charge in [0.2, 0.25) is 0 Å². The van der Waals surface area contributed by atoms with E-state index in [0.717, 1.165) is 26.8 Å². The zero-order valence-electron chi connectivity index (χ0n) is 26.9. The maximum Gasteiger partial charge on any atom is 0.268 e. The van der Waals surface area contributed by atoms with Gasteiger partial charge >= 0.3 is 0 Å². The molecular formula is C33H41N3O8S. The number of aryl methyl sites for hydroxylation is 3. The van der Waals surface area contributed by atoms with Gasteiger partial charge in [-0.1, -0.05) is 35.5 Å². The fourth-order valence-electron chi connectivity index (χ4n) is 4.83. The number of benzene rings is 2. The summed E-state index contributed by atoms with van der Waals surface area (Å²) in [6.07, 6.45) is 0. The van der Waals surface area contributed by atoms with Crippen molar-refractivity contribution in [3.05, 3.63) is 82.4 Å². The van der Waals surface area contributed by atoms with Crippen molar-refractivity contribution in [1.29, 1.82) is 0 Å². The van der Waals surface area contributed by atoms with Crippen LogP contribution in [0.1, 0.15) is 40.8 Å². The standard InChI is InChI=1S/C33H41N3O8S/c1-8-41-20-27-18-26(19-43-30-17-22(2)34-24(4)32(30)40-7)13-14-28(27)29-11-9-10-12-31(29)45(37,38)36(21-42-16-15-39-6)33-23(3)25(5)44-35-33/h9-14,17-18H,8,15-16,19-21H2,1-7H3. The molecule has 0 saturated carbocycles. The normalized spacial score (nSPS) is 11.5. The Morgan fingerprint density at radius 2 is 1.69 bits per heavy atom. The molecule has 0 radical (unpaired) electrons. The highest BCUT2D eigenvalue weighted by Gasteiger charge is 2.32. The van der Waals surface area contributed by atoms with Gasteiger partial charge in [-0.25, -0.2) is 12.7 Å². The molecule has 0 aliphatic carbocycles. The second-order valence-electron chi connectivity index (χ2n) is 10.4. The second-order valence-corrected chi connectivity index (χ2v) is 12.2. The Labute approximate surface area is 265 Å². The van der Waals surface area contributed by atoms with Crippen molar-refractivity contribution in [1.82, 2.24) is 10.1 Å². The Bertz CT molecular complexity index is 1700. The third kappa shape index (κ3) is 7.82. The van der Waals surface area contributed by atoms with E-state index in [-0.39, 0.29) is 37.3 Å². The van der Waals surface area contributed by atoms with E-state index in [9.17, 15) is 8.42 Å². The van der Waals surface area contributed by atoms with Crippen LogP contribution in [0.3, 0.4) is 0 Å². The number of nitrogens with zero attached hydrogens (tertiary/aromatic N) is 3. The van der Waals surface area contributed by atoms with E-state index in [4.69, 9.17) is 28.2 Å². The number of pyridine rings is 1. The summed E-state index contributed by atoms with van der Waals surface area (Å²) in [6.45, 7) is 10.4. The molecular weight excluding hydrogens is 598 g/mol. The van der Waals surface area contributed by atoms with Crippen LogP contribution >= 0.6 is 0 Å². The second kappa shape index (κ2) is 15.3. The Hall–Kier alpha value is -3.97. The van der Waals surface area contributed by atoms with Crippen molar-refractivity contribution in [3.8, 4) is 22.6 Å². The first-order valence-corrected chi connectivity index (χ1v) is 16.0. The molecule has 0 atom stereocenters. The number of hydrogen-bond donors (Lipinski definition) is 0. The van der Waals surface area contributed by atoms with E-state index < -0.39 is 10.0 Å². The van der Waals surface area contributed by atoms with Crippen LogP contribution in [-0.4, -0.2) is 59.3 Å². The van der Waals surface area contributed by atoms with E-state index in [0.29, 0.717) is 47.2 Å². The molecule has 0 saturated heterocycles. The zero-order chi connectivity index (χ0) is 32.6. The first-order valence-electron chi connectivity index (χ1n) is 14.6. The highest BCUT2D eigenvalue weighted by Crippen LogP contribution is 2.36. The largest absolute Gasteiger partial charge is 0.491 e. The maximum absolute atomic E-state index is 14.4. The predicted octanol–water partition coefficient (Wildman–Crippen LogP) is 5.91. The summed E-state index contributed by atoms with van der Waals surface area (Å²) in [5.41, 5.74) is 5.09. The van der Waals surface area contributed by atoms with Crippen LogP contribution in [0.2, 0.25) is 0 Å². The van der Waals surface area contributed by atoms with E-state index in [1.807, 2.05) is 45.0 Å². The lowest BCUT2D eigenvalue weighted by Crippen LogP contribution is -2.35. The lowest BCUT2D eigenvalue weighted by atomic mass is 9.98. The molecule has 45 heavy (non-hydrogen) atoms. The van der Waals surface area contributed by atoms with E-state index in [1.54, 1.807) is 52.3 Å². The number of ether oxygens (including phenoxy) is 5. The summed E-state index contributed by atoms with van der Waals surface area (Å²) in [5.74, 6) is 1.86. The highest BCUT2D eigenvalue weighted by molar-refractivity contribution is 7.93. The molecule has 2 heterocycles. The van der Waals surface area contributed by atoms with Crippen molar-refractivity contribution < 1.29 is 36.6 Å². The minimum Gasteiger partial charge on any atom is -0.491 e. The molecule has 242 valence electrons. The van der Waals surface area contributed by atoms with Gasteiger partial charge in [-0.3, -0.25) is 4.98 Å². The molecule has 11 nitrogen and oxygen atoms in total. The maximum atomic E-state index is 14.4. The lowest BCUT2D eigenvalue weighted by molar-refractivity contribution is 0.0753. The number of methoxy groups -OCH3 is 2. The number of sulfonamides is 1. The molecule has 4 rings (SSSR count). The van der Waals surface area contributed by atoms with Crippen molar-refractivity contribution >= 4 is 15.8 Å². The van der Waals surface area contributed by atoms with Crippen molar-refractivity contribution in [2.24, 2.45) is 0 Å². The van der Waals surface area contributed by atoms with Crippen molar-refractivity contribution in [2.75, 3.05) is 45.1 Å². The van der Waals surface area contributed by atoms with Gasteiger partial charge < -0.3 is 28.2 Å². The van der Waals surface area contributed by atoms with Crippen LogP contribution in [0.5, 0.6) is 11.5 Å². The van der Waals surface area contributed by atoms with E-state index >= 15 is 0 Å². The summed E-state index contributed by atoms with van der Waals surface area (Å²) >= 11 is 0. The molecule has 0 N–H and O–H groups in total. The molecule has 0 aliphatic rings. The van der Waals surface area contributed by atoms with Gasteiger partial charge in [0.25, 0.3) is 10.0 Å². The van der Waals surface area contributed by atoms with Gasteiger partial charge in [-0.15, -0.1) is 0 Å². The summed E-state index contributed by atoms with van der Waals surface area (Å²) < 4.78 is 63.5. The van der Waals surface area contributed by atoms with Crippen LogP contribution in [0, 0.1) is 27.7 Å². The monoisotopic (exact) mass is 639 g/mol. The van der Waals surface area contributed by atoms with Crippen molar-refractivity contribution in [3.63, 3.8) is 0 Å². The summed E-state index contributed by atoms with van der Waals surface area (Å²) in [5, 5.41) is 4.06. The third-order valence-electron chi connectivity index (χ3n) is 7.22. The van der Waals surface area contributed by atoms with Crippen molar-refractivity contribution in [2.45, 2.75) is 52.7 Å². The van der Waals surface area contributed by atoms with Gasteiger partial charge in [0, 0.05) is 36.6 Å². The molecule has 0 spiro atoms. The van der Waals surface area contributed by atoms with Crippen LogP contribution in [0.15, 0.2) is 57.9 Å². The fourth-order valence-corrected chi connectivity index (χ4v) is 6.39. The summed E-state index contributed by atoms with van der Waals surface area (Å²) in [4.78, 5) is 4.54. The Morgan fingerprint density at radius 1 is 0.911 bits per heavy atom. The summed E-state index contributed by atoms with van der Waals surface area (Å²) in [6, 6.07) is 14.5. The molecule has 0 unspecified atom stereocenters. The molecule has 2 aromatic carbocycles. The zero-order valence-corrected chi connectivity index (χ0v) is 27.7. The van der Waals surface area contributed by atoms with E-state index in [1.165, 1.54) is 0 Å². The predicted molar refractivity (Wildman–Crippen MR) is 170 cm³/mol. The van der Waals surface area contributed by atoms with Gasteiger partial charge in [-0.05, 0) is 63.4 Å². The number of hydrogen-bond acceptors (Lipinski definition) is 10. The van der Waals surface area contributed by atoms with Crippen LogP contribution in [0.25, 0.3) is 11.1 Å². The quantitative estimate of drug-likeness (QED) is 0.108. The number of anilines is 1. The third-order valence-corrected chi connectivity index (χ3v) is 8.99. The average molecular weight is 640 g/mol. The average Bonchev–Trinajstić information content (AvgIpc) is 3.35. The Kier molecular flexibility index (Phi) is 11.6. The SMILES string of the molecule is CCOCc1cc(COc2cc(C)nc(C)c2OC)ccc1-c1ccccc1S(=O)(=O)N(COCCOC)c1noc(C)c1C. The highest BCUT2D eigenvalue weighted by atomic mass is 32.2. The fraction of sp³-hybridized carbons (Fsp3) is 0.394. The molecule has 0 bridgehead atoms. The summed E-state index contributed by atoms with van der Waals surface area (Å²) in [7, 11) is -1.04. The molecule has 2 aromatic heterocycles. The molecule has 0 fully saturated rings. The Morgan fingerprint density at radius 3 is 2.38 bits per heavy atom. The first kappa shape index (κ1) is 33.9. The lowest BCUT2D eigenvalue weighted by Gasteiger charge is -2.24. The van der Waals surface area contributed by atoms with Gasteiger partial charge in [0.05, 0.1) is 37.5 Å². The van der Waals surface area contributed by atoms with E-state index in [2.05, 4.69) is 10.1 Å². The molecule has 12 heteroatoms. The number of aromatic nitrogens is 2. The van der Waals surface area contributed by atoms with Gasteiger partial charge in [-0.2, -0.15) is 0 Å². The first-order chi connectivity index (χ1) is 21.6. The van der Waals surface area contributed by atoms with Crippen LogP contribution < -0.4 is 13.8 Å². The van der Waals surface area contributed by atoms with Gasteiger partial charge in [0.1, 0.15) is 19.1 Å². The molecule has 4 aromatic rings. The Balaban J connectivity index is 1.74. The van der Waals surface area contributed by atoms with Gasteiger partial charge in [0.15, 0.2) is 17.3 Å². The minimum atomic E-state index is -4.18. The van der Waals surface area contributed by atoms with Crippen LogP contribution in [-0.2, 0) is 37.4 Å². The molecule has 0 aliphatic heterocycles. The number of rotatable bonds is 16. The topological polar surface area (TPSA) is 122 Å².